The average molecular weight is 346 g/mol. The van der Waals surface area contributed by atoms with E-state index in [9.17, 15) is 4.79 Å². The zero-order chi connectivity index (χ0) is 17.9. The van der Waals surface area contributed by atoms with Crippen LogP contribution in [0.15, 0.2) is 61.3 Å². The Morgan fingerprint density at radius 1 is 1.12 bits per heavy atom. The molecule has 0 aliphatic rings. The number of nitrogens with zero attached hydrogens (tertiary/aromatic N) is 5. The number of pyridine rings is 1. The summed E-state index contributed by atoms with van der Waals surface area (Å²) in [7, 11) is 1.80. The molecule has 3 aromatic heterocycles. The molecule has 0 aliphatic carbocycles. The maximum Gasteiger partial charge on any atom is 0.255 e. The topological polar surface area (TPSA) is 94.8 Å². The van der Waals surface area contributed by atoms with E-state index in [-0.39, 0.29) is 5.91 Å². The van der Waals surface area contributed by atoms with Crippen LogP contribution >= 0.6 is 0 Å². The molecule has 0 spiro atoms. The van der Waals surface area contributed by atoms with E-state index in [0.29, 0.717) is 33.9 Å². The van der Waals surface area contributed by atoms with E-state index in [1.165, 1.54) is 6.33 Å². The number of carbonyl (C=O) groups is 1. The van der Waals surface area contributed by atoms with Crippen molar-refractivity contribution in [2.75, 3.05) is 5.32 Å². The molecular weight excluding hydrogens is 332 g/mol. The number of fused-ring (bicyclic) bond motifs is 1. The van der Waals surface area contributed by atoms with Gasteiger partial charge in [0.2, 0.25) is 5.88 Å². The molecule has 0 unspecified atom stereocenters. The number of hydrogen-bond donors (Lipinski definition) is 1. The summed E-state index contributed by atoms with van der Waals surface area (Å²) in [6.07, 6.45) is 6.31. The second-order valence-electron chi connectivity index (χ2n) is 5.51. The van der Waals surface area contributed by atoms with Gasteiger partial charge in [-0.2, -0.15) is 5.10 Å². The van der Waals surface area contributed by atoms with Gasteiger partial charge in [-0.15, -0.1) is 0 Å². The van der Waals surface area contributed by atoms with E-state index in [2.05, 4.69) is 25.4 Å². The highest BCUT2D eigenvalue weighted by Crippen LogP contribution is 2.26. The first-order valence-corrected chi connectivity index (χ1v) is 7.83. The number of hydrogen-bond acceptors (Lipinski definition) is 6. The lowest BCUT2D eigenvalue weighted by molar-refractivity contribution is 0.102. The third-order valence-electron chi connectivity index (χ3n) is 3.74. The summed E-state index contributed by atoms with van der Waals surface area (Å²) >= 11 is 0. The molecule has 128 valence electrons. The summed E-state index contributed by atoms with van der Waals surface area (Å²) in [6.45, 7) is 0. The van der Waals surface area contributed by atoms with Crippen molar-refractivity contribution < 1.29 is 9.53 Å². The van der Waals surface area contributed by atoms with Gasteiger partial charge in [-0.3, -0.25) is 14.5 Å². The fourth-order valence-electron chi connectivity index (χ4n) is 2.45. The number of anilines is 1. The molecule has 3 heterocycles. The molecule has 8 nitrogen and oxygen atoms in total. The van der Waals surface area contributed by atoms with Gasteiger partial charge in [0.05, 0.1) is 18.1 Å². The van der Waals surface area contributed by atoms with Crippen LogP contribution in [0.2, 0.25) is 0 Å². The molecule has 8 heteroatoms. The minimum absolute atomic E-state index is 0.221. The molecule has 0 atom stereocenters. The van der Waals surface area contributed by atoms with Crippen LogP contribution in [0.25, 0.3) is 11.0 Å². The predicted octanol–water partition coefficient (Wildman–Crippen LogP) is 2.80. The van der Waals surface area contributed by atoms with Crippen LogP contribution in [-0.2, 0) is 7.05 Å². The molecule has 0 aliphatic heterocycles. The van der Waals surface area contributed by atoms with Crippen molar-refractivity contribution in [3.63, 3.8) is 0 Å². The Kier molecular flexibility index (Phi) is 3.98. The molecule has 0 saturated heterocycles. The van der Waals surface area contributed by atoms with E-state index in [0.717, 1.165) is 0 Å². The normalized spacial score (nSPS) is 10.7. The number of nitrogens with one attached hydrogen (secondary N) is 1. The van der Waals surface area contributed by atoms with Gasteiger partial charge in [0.15, 0.2) is 5.65 Å². The number of ether oxygens (including phenoxy) is 1. The van der Waals surface area contributed by atoms with E-state index in [1.807, 2.05) is 0 Å². The van der Waals surface area contributed by atoms with Gasteiger partial charge in [-0.25, -0.2) is 9.97 Å². The standard InChI is InChI=1S/C18H14N6O2/c1-24-16-15(10-22-24)18(21-11-20-16)26-14-6-4-12(5-7-14)17(25)23-13-3-2-8-19-9-13/h2-11H,1H3,(H,23,25). The van der Waals surface area contributed by atoms with Crippen molar-refractivity contribution in [1.82, 2.24) is 24.7 Å². The smallest absolute Gasteiger partial charge is 0.255 e. The Morgan fingerprint density at radius 3 is 2.73 bits per heavy atom. The molecule has 0 radical (unpaired) electrons. The average Bonchev–Trinajstić information content (AvgIpc) is 3.05. The van der Waals surface area contributed by atoms with E-state index >= 15 is 0 Å². The van der Waals surface area contributed by atoms with Crippen molar-refractivity contribution in [1.29, 1.82) is 0 Å². The van der Waals surface area contributed by atoms with E-state index in [1.54, 1.807) is 66.7 Å². The fraction of sp³-hybridized carbons (Fsp3) is 0.0556. The van der Waals surface area contributed by atoms with E-state index < -0.39 is 0 Å². The van der Waals surface area contributed by atoms with Crippen LogP contribution < -0.4 is 10.1 Å². The number of aryl methyl sites for hydroxylation is 1. The fourth-order valence-corrected chi connectivity index (χ4v) is 2.45. The van der Waals surface area contributed by atoms with Gasteiger partial charge in [-0.1, -0.05) is 0 Å². The highest BCUT2D eigenvalue weighted by Gasteiger charge is 2.11. The van der Waals surface area contributed by atoms with Crippen LogP contribution in [0.5, 0.6) is 11.6 Å². The van der Waals surface area contributed by atoms with Crippen molar-refractivity contribution >= 4 is 22.6 Å². The number of carbonyl (C=O) groups excluding carboxylic acids is 1. The summed E-state index contributed by atoms with van der Waals surface area (Å²) in [4.78, 5) is 24.5. The summed E-state index contributed by atoms with van der Waals surface area (Å²) in [5.74, 6) is 0.753. The molecule has 0 saturated carbocycles. The SMILES string of the molecule is Cn1ncc2c(Oc3ccc(C(=O)Nc4cccnc4)cc3)ncnc21. The lowest BCUT2D eigenvalue weighted by Crippen LogP contribution is -2.11. The summed E-state index contributed by atoms with van der Waals surface area (Å²) in [5, 5.41) is 7.65. The van der Waals surface area contributed by atoms with Gasteiger partial charge in [0.25, 0.3) is 5.91 Å². The van der Waals surface area contributed by atoms with Crippen molar-refractivity contribution in [3.8, 4) is 11.6 Å². The maximum absolute atomic E-state index is 12.2. The second-order valence-corrected chi connectivity index (χ2v) is 5.51. The number of amides is 1. The lowest BCUT2D eigenvalue weighted by atomic mass is 10.2. The van der Waals surface area contributed by atoms with Crippen LogP contribution in [-0.4, -0.2) is 30.6 Å². The van der Waals surface area contributed by atoms with E-state index in [4.69, 9.17) is 4.74 Å². The minimum atomic E-state index is -0.221. The number of aromatic nitrogens is 5. The van der Waals surface area contributed by atoms with Gasteiger partial charge < -0.3 is 10.1 Å². The highest BCUT2D eigenvalue weighted by atomic mass is 16.5. The van der Waals surface area contributed by atoms with Gasteiger partial charge >= 0.3 is 0 Å². The monoisotopic (exact) mass is 346 g/mol. The van der Waals surface area contributed by atoms with Gasteiger partial charge in [0.1, 0.15) is 17.5 Å². The molecule has 1 N–H and O–H groups in total. The Balaban J connectivity index is 1.51. The second kappa shape index (κ2) is 6.60. The summed E-state index contributed by atoms with van der Waals surface area (Å²) in [6, 6.07) is 10.3. The van der Waals surface area contributed by atoms with Crippen LogP contribution in [0.4, 0.5) is 5.69 Å². The first-order chi connectivity index (χ1) is 12.7. The predicted molar refractivity (Wildman–Crippen MR) is 95.0 cm³/mol. The molecule has 0 bridgehead atoms. The van der Waals surface area contributed by atoms with Crippen molar-refractivity contribution in [3.05, 3.63) is 66.9 Å². The lowest BCUT2D eigenvalue weighted by Gasteiger charge is -2.07. The first kappa shape index (κ1) is 15.7. The quantitative estimate of drug-likeness (QED) is 0.610. The first-order valence-electron chi connectivity index (χ1n) is 7.83. The third kappa shape index (κ3) is 3.07. The number of benzene rings is 1. The Morgan fingerprint density at radius 2 is 1.96 bits per heavy atom. The molecule has 0 fully saturated rings. The van der Waals surface area contributed by atoms with Crippen molar-refractivity contribution in [2.24, 2.45) is 7.05 Å². The summed E-state index contributed by atoms with van der Waals surface area (Å²) < 4.78 is 7.46. The summed E-state index contributed by atoms with van der Waals surface area (Å²) in [5.41, 5.74) is 1.83. The van der Waals surface area contributed by atoms with Crippen LogP contribution in [0.3, 0.4) is 0 Å². The molecular formula is C18H14N6O2. The Bertz CT molecular complexity index is 1060. The molecule has 4 aromatic rings. The zero-order valence-electron chi connectivity index (χ0n) is 13.8. The Labute approximate surface area is 148 Å². The molecule has 1 aromatic carbocycles. The third-order valence-corrected chi connectivity index (χ3v) is 3.74. The largest absolute Gasteiger partial charge is 0.438 e. The number of rotatable bonds is 4. The molecule has 1 amide bonds. The zero-order valence-corrected chi connectivity index (χ0v) is 13.8. The van der Waals surface area contributed by atoms with Crippen molar-refractivity contribution in [2.45, 2.75) is 0 Å². The molecule has 26 heavy (non-hydrogen) atoms. The molecule has 4 rings (SSSR count). The van der Waals surface area contributed by atoms with Gasteiger partial charge in [0, 0.05) is 18.8 Å². The van der Waals surface area contributed by atoms with Crippen LogP contribution in [0.1, 0.15) is 10.4 Å². The van der Waals surface area contributed by atoms with Crippen LogP contribution in [0, 0.1) is 0 Å². The maximum atomic E-state index is 12.2. The highest BCUT2D eigenvalue weighted by molar-refractivity contribution is 6.04. The Hall–Kier alpha value is -3.81. The minimum Gasteiger partial charge on any atom is -0.438 e. The van der Waals surface area contributed by atoms with Gasteiger partial charge in [-0.05, 0) is 36.4 Å².